The van der Waals surface area contributed by atoms with Crippen LogP contribution in [0.2, 0.25) is 0 Å². The van der Waals surface area contributed by atoms with Crippen LogP contribution in [0, 0.1) is 0 Å². The fourth-order valence-corrected chi connectivity index (χ4v) is 3.67. The summed E-state index contributed by atoms with van der Waals surface area (Å²) in [6, 6.07) is 12.5. The van der Waals surface area contributed by atoms with Crippen LogP contribution in [0.3, 0.4) is 0 Å². The van der Waals surface area contributed by atoms with E-state index in [4.69, 9.17) is 4.74 Å². The van der Waals surface area contributed by atoms with E-state index in [1.54, 1.807) is 0 Å². The standard InChI is InChI=1S/C21H21F3N2O/c22-15-21(23,24)25-11-12-27-18(13-25)14-26-19-7-3-1-5-16(19)9-10-17-6-2-4-8-20(17)26/h1-10,18H,11-15H2. The molecular weight excluding hydrogens is 353 g/mol. The number of para-hydroxylation sites is 2. The first-order valence-corrected chi connectivity index (χ1v) is 9.02. The highest BCUT2D eigenvalue weighted by Gasteiger charge is 2.40. The predicted octanol–water partition coefficient (Wildman–Crippen LogP) is 4.57. The van der Waals surface area contributed by atoms with E-state index in [0.29, 0.717) is 6.54 Å². The molecule has 1 atom stereocenters. The fraction of sp³-hybridized carbons (Fsp3) is 0.333. The van der Waals surface area contributed by atoms with Crippen LogP contribution in [0.25, 0.3) is 12.2 Å². The van der Waals surface area contributed by atoms with Gasteiger partial charge in [-0.2, -0.15) is 8.78 Å². The van der Waals surface area contributed by atoms with Crippen LogP contribution in [0.5, 0.6) is 0 Å². The van der Waals surface area contributed by atoms with Gasteiger partial charge in [0.15, 0.2) is 6.67 Å². The van der Waals surface area contributed by atoms with Gasteiger partial charge in [-0.3, -0.25) is 0 Å². The molecule has 3 nitrogen and oxygen atoms in total. The Labute approximate surface area is 156 Å². The Balaban J connectivity index is 1.64. The summed E-state index contributed by atoms with van der Waals surface area (Å²) in [7, 11) is 0. The van der Waals surface area contributed by atoms with Gasteiger partial charge in [0.05, 0.1) is 19.3 Å². The smallest absolute Gasteiger partial charge is 0.333 e. The first-order chi connectivity index (χ1) is 13.1. The van der Waals surface area contributed by atoms with E-state index < -0.39 is 18.8 Å². The average Bonchev–Trinajstić information content (AvgIpc) is 2.86. The molecule has 0 N–H and O–H groups in total. The number of hydrogen-bond donors (Lipinski definition) is 0. The van der Waals surface area contributed by atoms with Crippen LogP contribution in [-0.4, -0.2) is 50.0 Å². The number of halogens is 3. The number of hydrogen-bond acceptors (Lipinski definition) is 3. The Bertz CT molecular complexity index is 790. The molecule has 142 valence electrons. The second-order valence-corrected chi connectivity index (χ2v) is 6.80. The Morgan fingerprint density at radius 2 is 1.56 bits per heavy atom. The summed E-state index contributed by atoms with van der Waals surface area (Å²) in [6.45, 7) is -1.09. The molecule has 1 fully saturated rings. The Hall–Kier alpha value is -2.31. The first kappa shape index (κ1) is 18.1. The maximum atomic E-state index is 13.8. The van der Waals surface area contributed by atoms with Crippen molar-refractivity contribution in [2.24, 2.45) is 0 Å². The van der Waals surface area contributed by atoms with Crippen molar-refractivity contribution in [2.45, 2.75) is 12.2 Å². The lowest BCUT2D eigenvalue weighted by atomic mass is 10.1. The van der Waals surface area contributed by atoms with Crippen molar-refractivity contribution in [3.8, 4) is 0 Å². The molecule has 0 aromatic heterocycles. The number of ether oxygens (including phenoxy) is 1. The van der Waals surface area contributed by atoms with Crippen LogP contribution in [0.4, 0.5) is 24.5 Å². The Morgan fingerprint density at radius 3 is 2.15 bits per heavy atom. The van der Waals surface area contributed by atoms with Crippen molar-refractivity contribution in [1.29, 1.82) is 0 Å². The highest BCUT2D eigenvalue weighted by atomic mass is 19.3. The summed E-state index contributed by atoms with van der Waals surface area (Å²) in [5, 5.41) is 0. The summed E-state index contributed by atoms with van der Waals surface area (Å²) < 4.78 is 46.1. The van der Waals surface area contributed by atoms with Gasteiger partial charge in [-0.25, -0.2) is 9.29 Å². The molecule has 2 heterocycles. The minimum atomic E-state index is -3.45. The number of morpholine rings is 1. The molecular formula is C21H21F3N2O. The summed E-state index contributed by atoms with van der Waals surface area (Å²) in [5.41, 5.74) is 4.10. The van der Waals surface area contributed by atoms with Crippen LogP contribution >= 0.6 is 0 Å². The van der Waals surface area contributed by atoms with Gasteiger partial charge in [0.1, 0.15) is 0 Å². The Kier molecular flexibility index (Phi) is 4.93. The molecule has 2 aromatic rings. The Morgan fingerprint density at radius 1 is 0.963 bits per heavy atom. The average molecular weight is 374 g/mol. The van der Waals surface area contributed by atoms with Crippen LogP contribution in [0.1, 0.15) is 11.1 Å². The molecule has 0 bridgehead atoms. The minimum Gasteiger partial charge on any atom is -0.374 e. The first-order valence-electron chi connectivity index (χ1n) is 9.02. The number of rotatable bonds is 4. The van der Waals surface area contributed by atoms with E-state index in [2.05, 4.69) is 17.1 Å². The molecule has 2 aromatic carbocycles. The summed E-state index contributed by atoms with van der Waals surface area (Å²) >= 11 is 0. The minimum absolute atomic E-state index is 0.00875. The van der Waals surface area contributed by atoms with Crippen LogP contribution in [-0.2, 0) is 4.74 Å². The highest BCUT2D eigenvalue weighted by Crippen LogP contribution is 2.36. The molecule has 0 amide bonds. The van der Waals surface area contributed by atoms with Crippen LogP contribution < -0.4 is 4.90 Å². The number of nitrogens with zero attached hydrogens (tertiary/aromatic N) is 2. The molecule has 6 heteroatoms. The maximum Gasteiger partial charge on any atom is 0.333 e. The third-order valence-electron chi connectivity index (χ3n) is 5.05. The number of alkyl halides is 3. The van der Waals surface area contributed by atoms with Gasteiger partial charge in [0, 0.05) is 24.5 Å². The van der Waals surface area contributed by atoms with E-state index in [0.717, 1.165) is 27.4 Å². The lowest BCUT2D eigenvalue weighted by Gasteiger charge is -2.39. The van der Waals surface area contributed by atoms with Gasteiger partial charge >= 0.3 is 6.05 Å². The van der Waals surface area contributed by atoms with Gasteiger partial charge in [-0.15, -0.1) is 0 Å². The van der Waals surface area contributed by atoms with Crippen molar-refractivity contribution in [2.75, 3.05) is 37.8 Å². The van der Waals surface area contributed by atoms with Gasteiger partial charge in [0.25, 0.3) is 0 Å². The molecule has 2 aliphatic rings. The SMILES string of the molecule is FCC(F)(F)N1CCOC(CN2c3ccccc3C=Cc3ccccc32)C1. The molecule has 1 unspecified atom stereocenters. The zero-order valence-corrected chi connectivity index (χ0v) is 14.8. The quantitative estimate of drug-likeness (QED) is 0.729. The third-order valence-corrected chi connectivity index (χ3v) is 5.05. The zero-order chi connectivity index (χ0) is 18.9. The van der Waals surface area contributed by atoms with Crippen molar-refractivity contribution >= 4 is 23.5 Å². The molecule has 0 radical (unpaired) electrons. The normalized spacial score (nSPS) is 20.1. The second-order valence-electron chi connectivity index (χ2n) is 6.80. The molecule has 0 aliphatic carbocycles. The van der Waals surface area contributed by atoms with E-state index in [9.17, 15) is 13.2 Å². The van der Waals surface area contributed by atoms with E-state index >= 15 is 0 Å². The van der Waals surface area contributed by atoms with Crippen molar-refractivity contribution in [1.82, 2.24) is 4.90 Å². The van der Waals surface area contributed by atoms with Gasteiger partial charge in [0.2, 0.25) is 0 Å². The van der Waals surface area contributed by atoms with Gasteiger partial charge in [-0.05, 0) is 23.3 Å². The molecule has 0 spiro atoms. The van der Waals surface area contributed by atoms with E-state index in [-0.39, 0.29) is 19.7 Å². The monoisotopic (exact) mass is 374 g/mol. The largest absolute Gasteiger partial charge is 0.374 e. The van der Waals surface area contributed by atoms with Crippen molar-refractivity contribution in [3.63, 3.8) is 0 Å². The molecule has 0 saturated carbocycles. The molecule has 27 heavy (non-hydrogen) atoms. The zero-order valence-electron chi connectivity index (χ0n) is 14.8. The van der Waals surface area contributed by atoms with Crippen molar-refractivity contribution in [3.05, 3.63) is 59.7 Å². The number of fused-ring (bicyclic) bond motifs is 2. The number of anilines is 2. The summed E-state index contributed by atoms with van der Waals surface area (Å²) in [6.07, 6.45) is 3.66. The predicted molar refractivity (Wildman–Crippen MR) is 101 cm³/mol. The lowest BCUT2D eigenvalue weighted by molar-refractivity contribution is -0.193. The lowest BCUT2D eigenvalue weighted by Crippen LogP contribution is -2.54. The number of benzene rings is 2. The highest BCUT2D eigenvalue weighted by molar-refractivity contribution is 5.88. The van der Waals surface area contributed by atoms with Gasteiger partial charge in [-0.1, -0.05) is 48.6 Å². The van der Waals surface area contributed by atoms with Gasteiger partial charge < -0.3 is 9.64 Å². The maximum absolute atomic E-state index is 13.8. The van der Waals surface area contributed by atoms with Crippen LogP contribution in [0.15, 0.2) is 48.5 Å². The fourth-order valence-electron chi connectivity index (χ4n) is 3.67. The van der Waals surface area contributed by atoms with E-state index in [1.165, 1.54) is 0 Å². The summed E-state index contributed by atoms with van der Waals surface area (Å²) in [4.78, 5) is 2.99. The van der Waals surface area contributed by atoms with Crippen molar-refractivity contribution < 1.29 is 17.9 Å². The van der Waals surface area contributed by atoms with E-state index in [1.807, 2.05) is 48.5 Å². The molecule has 2 aliphatic heterocycles. The third kappa shape index (κ3) is 3.59. The molecule has 4 rings (SSSR count). The second kappa shape index (κ2) is 7.37. The summed E-state index contributed by atoms with van der Waals surface area (Å²) in [5.74, 6) is 0. The topological polar surface area (TPSA) is 15.7 Å². The molecule has 1 saturated heterocycles.